The minimum atomic E-state index is -0.463. The Labute approximate surface area is 81.4 Å². The molecule has 0 unspecified atom stereocenters. The average molecular weight is 188 g/mol. The summed E-state index contributed by atoms with van der Waals surface area (Å²) in [7, 11) is 0. The molecule has 0 fully saturated rings. The van der Waals surface area contributed by atoms with Gasteiger partial charge in [-0.1, -0.05) is 17.3 Å². The van der Waals surface area contributed by atoms with Gasteiger partial charge in [0.05, 0.1) is 17.8 Å². The van der Waals surface area contributed by atoms with Crippen molar-refractivity contribution in [3.05, 3.63) is 35.4 Å². The Kier molecular flexibility index (Phi) is 3.39. The maximum Gasteiger partial charge on any atom is 0.331 e. The van der Waals surface area contributed by atoms with E-state index in [0.717, 1.165) is 5.56 Å². The van der Waals surface area contributed by atoms with E-state index in [0.29, 0.717) is 5.56 Å². The quantitative estimate of drug-likeness (QED) is 0.401. The molecule has 70 valence electrons. The summed E-state index contributed by atoms with van der Waals surface area (Å²) < 4.78 is 0. The van der Waals surface area contributed by atoms with E-state index in [1.165, 1.54) is 13.1 Å². The van der Waals surface area contributed by atoms with Crippen molar-refractivity contribution in [2.24, 2.45) is 5.16 Å². The fourth-order valence-electron chi connectivity index (χ4n) is 0.805. The van der Waals surface area contributed by atoms with Gasteiger partial charge in [0.15, 0.2) is 0 Å². The zero-order chi connectivity index (χ0) is 10.4. The molecule has 0 saturated heterocycles. The van der Waals surface area contributed by atoms with Crippen LogP contribution in [-0.4, -0.2) is 12.2 Å². The minimum absolute atomic E-state index is 0.463. The molecule has 1 rings (SSSR count). The van der Waals surface area contributed by atoms with Gasteiger partial charge < -0.3 is 4.84 Å². The Morgan fingerprint density at radius 3 is 2.64 bits per heavy atom. The van der Waals surface area contributed by atoms with Crippen LogP contribution in [0.25, 0.3) is 0 Å². The molecule has 0 aliphatic carbocycles. The van der Waals surface area contributed by atoms with Crippen LogP contribution in [0.2, 0.25) is 0 Å². The lowest BCUT2D eigenvalue weighted by atomic mass is 10.2. The van der Waals surface area contributed by atoms with Crippen molar-refractivity contribution in [1.29, 1.82) is 5.26 Å². The zero-order valence-corrected chi connectivity index (χ0v) is 7.60. The second kappa shape index (κ2) is 4.77. The molecule has 0 aliphatic heterocycles. The number of carbonyl (C=O) groups excluding carboxylic acids is 1. The van der Waals surface area contributed by atoms with E-state index in [1.807, 2.05) is 6.07 Å². The second-order valence-electron chi connectivity index (χ2n) is 2.55. The topological polar surface area (TPSA) is 62.4 Å². The highest BCUT2D eigenvalue weighted by atomic mass is 16.7. The lowest BCUT2D eigenvalue weighted by Crippen LogP contribution is -1.91. The van der Waals surface area contributed by atoms with E-state index in [1.54, 1.807) is 24.3 Å². The summed E-state index contributed by atoms with van der Waals surface area (Å²) in [6.45, 7) is 1.27. The fraction of sp³-hybridized carbons (Fsp3) is 0.100. The van der Waals surface area contributed by atoms with Gasteiger partial charge in [-0.2, -0.15) is 5.26 Å². The summed E-state index contributed by atoms with van der Waals surface area (Å²) in [5.41, 5.74) is 1.35. The maximum absolute atomic E-state index is 10.4. The number of oxime groups is 1. The summed E-state index contributed by atoms with van der Waals surface area (Å²) in [6.07, 6.45) is 1.41. The zero-order valence-electron chi connectivity index (χ0n) is 7.60. The van der Waals surface area contributed by atoms with Crippen LogP contribution in [0.5, 0.6) is 0 Å². The highest BCUT2D eigenvalue weighted by molar-refractivity contribution is 5.80. The summed E-state index contributed by atoms with van der Waals surface area (Å²) in [5, 5.41) is 12.0. The molecule has 1 aromatic rings. The number of nitriles is 1. The molecule has 0 heterocycles. The van der Waals surface area contributed by atoms with Gasteiger partial charge in [-0.15, -0.1) is 0 Å². The molecule has 4 nitrogen and oxygen atoms in total. The first-order valence-electron chi connectivity index (χ1n) is 3.93. The predicted octanol–water partition coefficient (Wildman–Crippen LogP) is 1.46. The summed E-state index contributed by atoms with van der Waals surface area (Å²) in [6, 6.07) is 8.75. The lowest BCUT2D eigenvalue weighted by molar-refractivity contribution is -0.140. The van der Waals surface area contributed by atoms with Crippen molar-refractivity contribution < 1.29 is 9.63 Å². The molecule has 0 atom stereocenters. The average Bonchev–Trinajstić information content (AvgIpc) is 2.18. The van der Waals surface area contributed by atoms with Crippen LogP contribution in [0, 0.1) is 11.3 Å². The molecular weight excluding hydrogens is 180 g/mol. The molecule has 0 amide bonds. The molecule has 0 bridgehead atoms. The van der Waals surface area contributed by atoms with Gasteiger partial charge in [0.2, 0.25) is 0 Å². The van der Waals surface area contributed by atoms with Gasteiger partial charge in [-0.05, 0) is 17.7 Å². The van der Waals surface area contributed by atoms with Crippen LogP contribution >= 0.6 is 0 Å². The van der Waals surface area contributed by atoms with Gasteiger partial charge >= 0.3 is 5.97 Å². The molecule has 0 aromatic heterocycles. The molecular formula is C10H8N2O2. The molecule has 4 heteroatoms. The van der Waals surface area contributed by atoms with Gasteiger partial charge in [0, 0.05) is 6.92 Å². The third-order valence-corrected chi connectivity index (χ3v) is 1.42. The largest absolute Gasteiger partial charge is 0.331 e. The molecule has 0 spiro atoms. The van der Waals surface area contributed by atoms with Gasteiger partial charge in [-0.3, -0.25) is 0 Å². The molecule has 14 heavy (non-hydrogen) atoms. The Balaban J connectivity index is 2.65. The van der Waals surface area contributed by atoms with E-state index < -0.39 is 5.97 Å². The lowest BCUT2D eigenvalue weighted by Gasteiger charge is -1.92. The molecule has 1 aromatic carbocycles. The number of carbonyl (C=O) groups is 1. The SMILES string of the molecule is CC(=O)O/N=C/c1ccc(C#N)cc1. The number of rotatable bonds is 2. The third-order valence-electron chi connectivity index (χ3n) is 1.42. The smallest absolute Gasteiger partial charge is 0.319 e. The number of nitrogens with zero attached hydrogens (tertiary/aromatic N) is 2. The molecule has 0 N–H and O–H groups in total. The Morgan fingerprint density at radius 1 is 1.50 bits per heavy atom. The first-order chi connectivity index (χ1) is 6.72. The van der Waals surface area contributed by atoms with E-state index in [-0.39, 0.29) is 0 Å². The highest BCUT2D eigenvalue weighted by Gasteiger charge is 1.91. The summed E-state index contributed by atoms with van der Waals surface area (Å²) >= 11 is 0. The standard InChI is InChI=1S/C10H8N2O2/c1-8(13)14-12-7-10-4-2-9(6-11)3-5-10/h2-5,7H,1H3/b12-7+. The van der Waals surface area contributed by atoms with Crippen molar-refractivity contribution in [3.63, 3.8) is 0 Å². The van der Waals surface area contributed by atoms with Crippen molar-refractivity contribution in [1.82, 2.24) is 0 Å². The van der Waals surface area contributed by atoms with Crippen LogP contribution in [0.15, 0.2) is 29.4 Å². The number of hydrogen-bond acceptors (Lipinski definition) is 4. The van der Waals surface area contributed by atoms with Crippen molar-refractivity contribution in [2.75, 3.05) is 0 Å². The van der Waals surface area contributed by atoms with Crippen molar-refractivity contribution in [3.8, 4) is 6.07 Å². The fourth-order valence-corrected chi connectivity index (χ4v) is 0.805. The Bertz CT molecular complexity index is 388. The third kappa shape index (κ3) is 3.07. The van der Waals surface area contributed by atoms with E-state index in [4.69, 9.17) is 5.26 Å². The molecule has 0 radical (unpaired) electrons. The first kappa shape index (κ1) is 9.93. The van der Waals surface area contributed by atoms with Crippen LogP contribution in [-0.2, 0) is 9.63 Å². The second-order valence-corrected chi connectivity index (χ2v) is 2.55. The molecule has 0 saturated carbocycles. The van der Waals surface area contributed by atoms with Crippen LogP contribution in [0.4, 0.5) is 0 Å². The number of benzene rings is 1. The Hall–Kier alpha value is -2.15. The normalized spacial score (nSPS) is 9.71. The monoisotopic (exact) mass is 188 g/mol. The van der Waals surface area contributed by atoms with Crippen LogP contribution in [0.1, 0.15) is 18.1 Å². The Morgan fingerprint density at radius 2 is 2.14 bits per heavy atom. The molecule has 0 aliphatic rings. The van der Waals surface area contributed by atoms with Crippen LogP contribution < -0.4 is 0 Å². The van der Waals surface area contributed by atoms with E-state index in [2.05, 4.69) is 9.99 Å². The number of hydrogen-bond donors (Lipinski definition) is 0. The predicted molar refractivity (Wildman–Crippen MR) is 50.5 cm³/mol. The van der Waals surface area contributed by atoms with Crippen LogP contribution in [0.3, 0.4) is 0 Å². The van der Waals surface area contributed by atoms with Gasteiger partial charge in [-0.25, -0.2) is 4.79 Å². The first-order valence-corrected chi connectivity index (χ1v) is 3.93. The van der Waals surface area contributed by atoms with Gasteiger partial charge in [0.1, 0.15) is 0 Å². The summed E-state index contributed by atoms with van der Waals surface area (Å²) in [4.78, 5) is 14.7. The van der Waals surface area contributed by atoms with Crippen molar-refractivity contribution >= 4 is 12.2 Å². The van der Waals surface area contributed by atoms with E-state index in [9.17, 15) is 4.79 Å². The van der Waals surface area contributed by atoms with Gasteiger partial charge in [0.25, 0.3) is 0 Å². The van der Waals surface area contributed by atoms with Crippen molar-refractivity contribution in [2.45, 2.75) is 6.92 Å². The van der Waals surface area contributed by atoms with E-state index >= 15 is 0 Å². The minimum Gasteiger partial charge on any atom is -0.319 e. The maximum atomic E-state index is 10.4. The summed E-state index contributed by atoms with van der Waals surface area (Å²) in [5.74, 6) is -0.463. The highest BCUT2D eigenvalue weighted by Crippen LogP contribution is 2.00.